The van der Waals surface area contributed by atoms with Gasteiger partial charge in [0.05, 0.1) is 4.47 Å². The number of hydrogen-bond donors (Lipinski definition) is 1. The molecular formula is C12H16BrNO2. The van der Waals surface area contributed by atoms with Crippen molar-refractivity contribution in [3.05, 3.63) is 21.7 Å². The van der Waals surface area contributed by atoms with E-state index in [9.17, 15) is 0 Å². The minimum absolute atomic E-state index is 0.151. The molecule has 1 atom stereocenters. The van der Waals surface area contributed by atoms with Gasteiger partial charge in [-0.25, -0.2) is 0 Å². The van der Waals surface area contributed by atoms with Gasteiger partial charge in [0, 0.05) is 6.04 Å². The molecule has 2 rings (SSSR count). The lowest BCUT2D eigenvalue weighted by Gasteiger charge is -2.14. The van der Waals surface area contributed by atoms with Crippen LogP contribution >= 0.6 is 15.9 Å². The zero-order valence-electron chi connectivity index (χ0n) is 9.55. The Morgan fingerprint density at radius 2 is 2.25 bits per heavy atom. The predicted octanol–water partition coefficient (Wildman–Crippen LogP) is 2.63. The van der Waals surface area contributed by atoms with Gasteiger partial charge in [-0.1, -0.05) is 6.92 Å². The van der Waals surface area contributed by atoms with Crippen molar-refractivity contribution < 1.29 is 9.47 Å². The highest BCUT2D eigenvalue weighted by Gasteiger charge is 2.22. The van der Waals surface area contributed by atoms with E-state index in [1.54, 1.807) is 0 Å². The lowest BCUT2D eigenvalue weighted by molar-refractivity contribution is 0.173. The van der Waals surface area contributed by atoms with Crippen LogP contribution < -0.4 is 15.2 Å². The van der Waals surface area contributed by atoms with E-state index in [1.807, 2.05) is 6.92 Å². The molecule has 0 saturated carbocycles. The minimum atomic E-state index is 0.151. The Labute approximate surface area is 104 Å². The largest absolute Gasteiger partial charge is 0.454 e. The summed E-state index contributed by atoms with van der Waals surface area (Å²) >= 11 is 3.59. The van der Waals surface area contributed by atoms with Crippen LogP contribution in [0.3, 0.4) is 0 Å². The predicted molar refractivity (Wildman–Crippen MR) is 67.0 cm³/mol. The molecule has 1 aliphatic heterocycles. The van der Waals surface area contributed by atoms with Crippen molar-refractivity contribution in [2.45, 2.75) is 32.7 Å². The minimum Gasteiger partial charge on any atom is -0.454 e. The van der Waals surface area contributed by atoms with Crippen molar-refractivity contribution in [1.82, 2.24) is 0 Å². The van der Waals surface area contributed by atoms with Crippen LogP contribution in [-0.4, -0.2) is 12.8 Å². The smallest absolute Gasteiger partial charge is 0.231 e. The fourth-order valence-corrected chi connectivity index (χ4v) is 2.85. The van der Waals surface area contributed by atoms with Crippen molar-refractivity contribution in [1.29, 1.82) is 0 Å². The average molecular weight is 286 g/mol. The van der Waals surface area contributed by atoms with Gasteiger partial charge in [0.15, 0.2) is 11.5 Å². The van der Waals surface area contributed by atoms with Crippen LogP contribution in [0.25, 0.3) is 0 Å². The lowest BCUT2D eigenvalue weighted by Crippen LogP contribution is -2.18. The van der Waals surface area contributed by atoms with Gasteiger partial charge in [-0.3, -0.25) is 0 Å². The Hall–Kier alpha value is -0.740. The zero-order chi connectivity index (χ0) is 11.7. The van der Waals surface area contributed by atoms with Crippen molar-refractivity contribution in [3.8, 4) is 11.5 Å². The van der Waals surface area contributed by atoms with Crippen LogP contribution in [0.2, 0.25) is 0 Å². The first kappa shape index (κ1) is 11.7. The van der Waals surface area contributed by atoms with Crippen LogP contribution in [0.1, 0.15) is 25.0 Å². The molecule has 1 aromatic carbocycles. The average Bonchev–Trinajstić information content (AvgIpc) is 2.65. The van der Waals surface area contributed by atoms with E-state index >= 15 is 0 Å². The molecule has 0 bridgehead atoms. The third-order valence-corrected chi connectivity index (χ3v) is 3.53. The van der Waals surface area contributed by atoms with Crippen LogP contribution in [-0.2, 0) is 12.8 Å². The highest BCUT2D eigenvalue weighted by Crippen LogP contribution is 2.43. The molecule has 3 nitrogen and oxygen atoms in total. The fraction of sp³-hybridized carbons (Fsp3) is 0.500. The topological polar surface area (TPSA) is 44.5 Å². The summed E-state index contributed by atoms with van der Waals surface area (Å²) in [5.74, 6) is 1.64. The molecule has 0 amide bonds. The Bertz CT molecular complexity index is 404. The van der Waals surface area contributed by atoms with E-state index in [4.69, 9.17) is 15.2 Å². The van der Waals surface area contributed by atoms with Crippen molar-refractivity contribution in [2.24, 2.45) is 5.73 Å². The molecule has 0 aromatic heterocycles. The van der Waals surface area contributed by atoms with E-state index in [2.05, 4.69) is 28.9 Å². The van der Waals surface area contributed by atoms with Crippen LogP contribution in [0, 0.1) is 0 Å². The second kappa shape index (κ2) is 4.63. The molecule has 16 heavy (non-hydrogen) atoms. The molecule has 1 unspecified atom stereocenters. The summed E-state index contributed by atoms with van der Waals surface area (Å²) in [5, 5.41) is 0. The molecule has 0 radical (unpaired) electrons. The highest BCUT2D eigenvalue weighted by atomic mass is 79.9. The maximum atomic E-state index is 5.86. The molecule has 4 heteroatoms. The first-order valence-electron chi connectivity index (χ1n) is 5.49. The first-order chi connectivity index (χ1) is 7.63. The summed E-state index contributed by atoms with van der Waals surface area (Å²) in [4.78, 5) is 0. The summed E-state index contributed by atoms with van der Waals surface area (Å²) in [6, 6.07) is 2.20. The molecule has 2 N–H and O–H groups in total. The van der Waals surface area contributed by atoms with Gasteiger partial charge in [0.25, 0.3) is 0 Å². The van der Waals surface area contributed by atoms with Gasteiger partial charge >= 0.3 is 0 Å². The number of rotatable bonds is 3. The van der Waals surface area contributed by atoms with Crippen LogP contribution in [0.4, 0.5) is 0 Å². The monoisotopic (exact) mass is 285 g/mol. The van der Waals surface area contributed by atoms with Gasteiger partial charge in [0.2, 0.25) is 6.79 Å². The van der Waals surface area contributed by atoms with Gasteiger partial charge in [0.1, 0.15) is 0 Å². The maximum absolute atomic E-state index is 5.86. The quantitative estimate of drug-likeness (QED) is 0.929. The Morgan fingerprint density at radius 3 is 2.88 bits per heavy atom. The second-order valence-corrected chi connectivity index (χ2v) is 4.89. The van der Waals surface area contributed by atoms with E-state index < -0.39 is 0 Å². The summed E-state index contributed by atoms with van der Waals surface area (Å²) < 4.78 is 11.9. The molecule has 0 saturated heterocycles. The number of ether oxygens (including phenoxy) is 2. The fourth-order valence-electron chi connectivity index (χ4n) is 2.00. The van der Waals surface area contributed by atoms with Crippen LogP contribution in [0.15, 0.2) is 10.5 Å². The van der Waals surface area contributed by atoms with Gasteiger partial charge < -0.3 is 15.2 Å². The van der Waals surface area contributed by atoms with Crippen molar-refractivity contribution in [2.75, 3.05) is 6.79 Å². The molecule has 0 aliphatic carbocycles. The first-order valence-corrected chi connectivity index (χ1v) is 6.28. The number of hydrogen-bond acceptors (Lipinski definition) is 3. The summed E-state index contributed by atoms with van der Waals surface area (Å²) in [6.45, 7) is 4.45. The molecule has 1 heterocycles. The van der Waals surface area contributed by atoms with E-state index in [1.165, 1.54) is 11.1 Å². The lowest BCUT2D eigenvalue weighted by atomic mass is 9.98. The van der Waals surface area contributed by atoms with E-state index in [-0.39, 0.29) is 6.04 Å². The van der Waals surface area contributed by atoms with Gasteiger partial charge in [-0.15, -0.1) is 0 Å². The normalized spacial score (nSPS) is 15.2. The Morgan fingerprint density at radius 1 is 1.50 bits per heavy atom. The summed E-state index contributed by atoms with van der Waals surface area (Å²) in [6.07, 6.45) is 1.82. The number of nitrogens with two attached hydrogens (primary N) is 1. The molecular weight excluding hydrogens is 270 g/mol. The molecule has 88 valence electrons. The molecule has 0 fully saturated rings. The van der Waals surface area contributed by atoms with E-state index in [0.717, 1.165) is 28.8 Å². The van der Waals surface area contributed by atoms with Gasteiger partial charge in [-0.05, 0) is 52.9 Å². The second-order valence-electron chi connectivity index (χ2n) is 4.10. The number of fused-ring (bicyclic) bond motifs is 1. The third kappa shape index (κ3) is 2.04. The van der Waals surface area contributed by atoms with Gasteiger partial charge in [-0.2, -0.15) is 0 Å². The molecule has 1 aliphatic rings. The highest BCUT2D eigenvalue weighted by molar-refractivity contribution is 9.10. The van der Waals surface area contributed by atoms with Crippen LogP contribution in [0.5, 0.6) is 11.5 Å². The number of benzene rings is 1. The maximum Gasteiger partial charge on any atom is 0.231 e. The molecule has 1 aromatic rings. The Balaban J connectivity index is 2.48. The van der Waals surface area contributed by atoms with E-state index in [0.29, 0.717) is 6.79 Å². The number of halogens is 1. The van der Waals surface area contributed by atoms with Crippen molar-refractivity contribution in [3.63, 3.8) is 0 Å². The Kier molecular flexibility index (Phi) is 3.40. The van der Waals surface area contributed by atoms with Crippen molar-refractivity contribution >= 4 is 15.9 Å². The zero-order valence-corrected chi connectivity index (χ0v) is 11.1. The standard InChI is InChI=1S/C12H16BrNO2/c1-3-9-8(4-7(2)14)5-10-12(11(9)13)16-6-15-10/h5,7H,3-4,6,14H2,1-2H3. The third-order valence-electron chi connectivity index (χ3n) is 2.69. The summed E-state index contributed by atoms with van der Waals surface area (Å²) in [7, 11) is 0. The molecule has 0 spiro atoms. The summed E-state index contributed by atoms with van der Waals surface area (Å²) in [5.41, 5.74) is 8.37. The SMILES string of the molecule is CCc1c(CC(C)N)cc2c(c1Br)OCO2.